The third kappa shape index (κ3) is 3.85. The lowest BCUT2D eigenvalue weighted by molar-refractivity contribution is -0.139. The minimum Gasteiger partial charge on any atom is -0.485 e. The maximum atomic E-state index is 12.7. The summed E-state index contributed by atoms with van der Waals surface area (Å²) in [6.45, 7) is 0.220. The van der Waals surface area contributed by atoms with Crippen LogP contribution in [0.3, 0.4) is 0 Å². The Kier molecular flexibility index (Phi) is 5.37. The normalized spacial score (nSPS) is 21.5. The van der Waals surface area contributed by atoms with Crippen LogP contribution in [0.2, 0.25) is 0 Å². The Labute approximate surface area is 187 Å². The van der Waals surface area contributed by atoms with Crippen LogP contribution in [-0.2, 0) is 9.59 Å². The molecule has 2 fully saturated rings. The molecule has 0 bridgehead atoms. The van der Waals surface area contributed by atoms with Crippen LogP contribution in [0.5, 0.6) is 11.5 Å². The summed E-state index contributed by atoms with van der Waals surface area (Å²) >= 11 is 0.994. The molecule has 3 heterocycles. The van der Waals surface area contributed by atoms with E-state index in [1.165, 1.54) is 0 Å². The van der Waals surface area contributed by atoms with Gasteiger partial charge in [-0.25, -0.2) is 4.79 Å². The Morgan fingerprint density at radius 2 is 1.97 bits per heavy atom. The van der Waals surface area contributed by atoms with Crippen molar-refractivity contribution in [3.8, 4) is 11.5 Å². The summed E-state index contributed by atoms with van der Waals surface area (Å²) in [5.74, 6) is 0.407. The van der Waals surface area contributed by atoms with Crippen LogP contribution in [0.25, 0.3) is 0 Å². The molecule has 1 aromatic heterocycles. The highest BCUT2D eigenvalue weighted by Gasteiger charge is 2.52. The highest BCUT2D eigenvalue weighted by Crippen LogP contribution is 2.36. The standard InChI is InChI=1S/C20H21N5O6S/c26-15(24-25-17(27)20(21-18(25)28)8-4-1-5-9-20)11-32-19-23-22-16(31-19)14-10-29-12-6-2-3-7-13(12)30-14/h2-3,6-7,14H,1,4-5,8-11H2,(H,21,28)(H,24,26)/t14-/m0/s1. The van der Waals surface area contributed by atoms with Gasteiger partial charge in [-0.3, -0.25) is 15.0 Å². The molecular formula is C20H21N5O6S. The summed E-state index contributed by atoms with van der Waals surface area (Å²) in [5.41, 5.74) is 1.49. The van der Waals surface area contributed by atoms with Crippen LogP contribution < -0.4 is 20.2 Å². The molecule has 11 nitrogen and oxygen atoms in total. The smallest absolute Gasteiger partial charge is 0.344 e. The highest BCUT2D eigenvalue weighted by molar-refractivity contribution is 7.99. The molecule has 0 unspecified atom stereocenters. The van der Waals surface area contributed by atoms with Gasteiger partial charge in [-0.1, -0.05) is 43.2 Å². The van der Waals surface area contributed by atoms with E-state index in [0.717, 1.165) is 36.0 Å². The number of hydrogen-bond acceptors (Lipinski definition) is 9. The number of hydrogen-bond donors (Lipinski definition) is 2. The van der Waals surface area contributed by atoms with Crippen LogP contribution in [0, 0.1) is 0 Å². The van der Waals surface area contributed by atoms with Crippen LogP contribution in [-0.4, -0.2) is 51.0 Å². The first-order chi connectivity index (χ1) is 15.5. The summed E-state index contributed by atoms with van der Waals surface area (Å²) in [5, 5.41) is 11.6. The number of aromatic nitrogens is 2. The van der Waals surface area contributed by atoms with Gasteiger partial charge in [-0.05, 0) is 25.0 Å². The molecule has 2 N–H and O–H groups in total. The topological polar surface area (TPSA) is 136 Å². The number of carbonyl (C=O) groups is 3. The molecule has 1 atom stereocenters. The van der Waals surface area contributed by atoms with E-state index in [2.05, 4.69) is 20.9 Å². The molecule has 0 radical (unpaired) electrons. The molecular weight excluding hydrogens is 438 g/mol. The Morgan fingerprint density at radius 3 is 2.78 bits per heavy atom. The van der Waals surface area contributed by atoms with E-state index in [4.69, 9.17) is 13.9 Å². The van der Waals surface area contributed by atoms with Gasteiger partial charge in [-0.15, -0.1) is 10.2 Å². The van der Waals surface area contributed by atoms with Gasteiger partial charge in [0, 0.05) is 0 Å². The number of urea groups is 1. The maximum Gasteiger partial charge on any atom is 0.344 e. The number of nitrogens with zero attached hydrogens (tertiary/aromatic N) is 3. The van der Waals surface area contributed by atoms with E-state index in [1.54, 1.807) is 12.1 Å². The number of para-hydroxylation sites is 2. The lowest BCUT2D eigenvalue weighted by Crippen LogP contribution is -2.51. The van der Waals surface area contributed by atoms with Gasteiger partial charge in [0.25, 0.3) is 17.0 Å². The van der Waals surface area contributed by atoms with Crippen molar-refractivity contribution in [2.45, 2.75) is 49.0 Å². The Hall–Kier alpha value is -3.28. The number of thioether (sulfide) groups is 1. The van der Waals surface area contributed by atoms with Crippen molar-refractivity contribution in [3.05, 3.63) is 30.2 Å². The first-order valence-corrected chi connectivity index (χ1v) is 11.3. The molecule has 4 amide bonds. The average molecular weight is 459 g/mol. The number of ether oxygens (including phenoxy) is 2. The zero-order chi connectivity index (χ0) is 22.1. The van der Waals surface area contributed by atoms with E-state index < -0.39 is 29.5 Å². The fourth-order valence-electron chi connectivity index (χ4n) is 4.05. The molecule has 1 saturated carbocycles. The SMILES string of the molecule is O=C(CSc1nnc([C@@H]2COc3ccccc3O2)o1)NN1C(=O)NC2(CCCCC2)C1=O. The van der Waals surface area contributed by atoms with Crippen molar-refractivity contribution in [1.29, 1.82) is 0 Å². The Morgan fingerprint density at radius 1 is 1.19 bits per heavy atom. The average Bonchev–Trinajstić information content (AvgIpc) is 3.37. The monoisotopic (exact) mass is 459 g/mol. The summed E-state index contributed by atoms with van der Waals surface area (Å²) in [4.78, 5) is 37.3. The van der Waals surface area contributed by atoms with E-state index in [0.29, 0.717) is 24.3 Å². The molecule has 168 valence electrons. The lowest BCUT2D eigenvalue weighted by atomic mass is 9.82. The third-order valence-corrected chi connectivity index (χ3v) is 6.46. The third-order valence-electron chi connectivity index (χ3n) is 5.64. The maximum absolute atomic E-state index is 12.7. The molecule has 1 aliphatic carbocycles. The molecule has 2 aliphatic heterocycles. The van der Waals surface area contributed by atoms with Crippen LogP contribution in [0.4, 0.5) is 4.79 Å². The summed E-state index contributed by atoms with van der Waals surface area (Å²) in [6, 6.07) is 6.67. The van der Waals surface area contributed by atoms with Gasteiger partial charge in [0.15, 0.2) is 11.5 Å². The fraction of sp³-hybridized carbons (Fsp3) is 0.450. The van der Waals surface area contributed by atoms with Gasteiger partial charge < -0.3 is 19.2 Å². The molecule has 32 heavy (non-hydrogen) atoms. The number of imide groups is 1. The fourth-order valence-corrected chi connectivity index (χ4v) is 4.61. The van der Waals surface area contributed by atoms with Crippen molar-refractivity contribution < 1.29 is 28.3 Å². The van der Waals surface area contributed by atoms with Crippen LogP contribution >= 0.6 is 11.8 Å². The second kappa shape index (κ2) is 8.34. The minimum absolute atomic E-state index is 0.115. The molecule has 1 saturated heterocycles. The number of nitrogens with one attached hydrogen (secondary N) is 2. The summed E-state index contributed by atoms with van der Waals surface area (Å²) < 4.78 is 17.1. The first-order valence-electron chi connectivity index (χ1n) is 10.3. The summed E-state index contributed by atoms with van der Waals surface area (Å²) in [6.07, 6.45) is 3.37. The van der Waals surface area contributed by atoms with Gasteiger partial charge >= 0.3 is 6.03 Å². The molecule has 3 aliphatic rings. The van der Waals surface area contributed by atoms with Gasteiger partial charge in [0.05, 0.1) is 5.75 Å². The Bertz CT molecular complexity index is 1050. The number of hydrazine groups is 1. The summed E-state index contributed by atoms with van der Waals surface area (Å²) in [7, 11) is 0. The second-order valence-electron chi connectivity index (χ2n) is 7.81. The number of benzene rings is 1. The van der Waals surface area contributed by atoms with Gasteiger partial charge in [-0.2, -0.15) is 5.01 Å². The number of carbonyl (C=O) groups excluding carboxylic acids is 3. The van der Waals surface area contributed by atoms with Gasteiger partial charge in [0.2, 0.25) is 12.0 Å². The first kappa shape index (κ1) is 20.6. The molecule has 1 aromatic carbocycles. The zero-order valence-electron chi connectivity index (χ0n) is 17.0. The van der Waals surface area contributed by atoms with E-state index >= 15 is 0 Å². The number of rotatable bonds is 5. The molecule has 2 aromatic rings. The van der Waals surface area contributed by atoms with Crippen LogP contribution in [0.1, 0.15) is 44.1 Å². The molecule has 12 heteroatoms. The van der Waals surface area contributed by atoms with Crippen molar-refractivity contribution in [2.24, 2.45) is 0 Å². The minimum atomic E-state index is -0.891. The molecule has 5 rings (SSSR count). The zero-order valence-corrected chi connectivity index (χ0v) is 17.9. The Balaban J connectivity index is 1.15. The predicted molar refractivity (Wildman–Crippen MR) is 110 cm³/mol. The van der Waals surface area contributed by atoms with Crippen molar-refractivity contribution >= 4 is 29.6 Å². The van der Waals surface area contributed by atoms with Crippen molar-refractivity contribution in [2.75, 3.05) is 12.4 Å². The van der Waals surface area contributed by atoms with Crippen LogP contribution in [0.15, 0.2) is 33.9 Å². The molecule has 1 spiro atoms. The number of amides is 4. The lowest BCUT2D eigenvalue weighted by Gasteiger charge is -2.30. The van der Waals surface area contributed by atoms with Gasteiger partial charge in [0.1, 0.15) is 12.1 Å². The van der Waals surface area contributed by atoms with Crippen molar-refractivity contribution in [1.82, 2.24) is 25.9 Å². The largest absolute Gasteiger partial charge is 0.485 e. The van der Waals surface area contributed by atoms with E-state index in [-0.39, 0.29) is 23.5 Å². The second-order valence-corrected chi connectivity index (χ2v) is 8.73. The predicted octanol–water partition coefficient (Wildman–Crippen LogP) is 1.96. The van der Waals surface area contributed by atoms with E-state index in [1.807, 2.05) is 12.1 Å². The highest BCUT2D eigenvalue weighted by atomic mass is 32.2. The number of fused-ring (bicyclic) bond motifs is 1. The van der Waals surface area contributed by atoms with Crippen molar-refractivity contribution in [3.63, 3.8) is 0 Å². The van der Waals surface area contributed by atoms with E-state index in [9.17, 15) is 14.4 Å². The quantitative estimate of drug-likeness (QED) is 0.508.